The van der Waals surface area contributed by atoms with E-state index in [1.807, 2.05) is 57.2 Å². The number of fused-ring (bicyclic) bond motifs is 1. The number of hydrogen-bond donors (Lipinski definition) is 0. The van der Waals surface area contributed by atoms with E-state index >= 15 is 0 Å². The van der Waals surface area contributed by atoms with Gasteiger partial charge < -0.3 is 28.4 Å². The molecule has 0 spiro atoms. The molecular weight excluding hydrogens is 412 g/mol. The number of carbonyl (C=O) groups is 1. The molecule has 2 aliphatic rings. The molecule has 0 aliphatic carbocycles. The van der Waals surface area contributed by atoms with Crippen molar-refractivity contribution in [2.75, 3.05) is 21.3 Å². The number of benzene rings is 2. The number of methoxy groups -OCH3 is 3. The van der Waals surface area contributed by atoms with Crippen molar-refractivity contribution in [3.63, 3.8) is 0 Å². The Hall–Kier alpha value is -2.77. The molecule has 2 saturated heterocycles. The van der Waals surface area contributed by atoms with Crippen molar-refractivity contribution in [3.05, 3.63) is 53.1 Å². The van der Waals surface area contributed by atoms with Crippen molar-refractivity contribution in [2.45, 2.75) is 51.3 Å². The fraction of sp³-hybridized carbons (Fsp3) is 0.480. The number of hydrogen-bond acceptors (Lipinski definition) is 7. The molecule has 0 aromatic heterocycles. The Balaban J connectivity index is 1.77. The summed E-state index contributed by atoms with van der Waals surface area (Å²) in [5.74, 6) is 1.31. The van der Waals surface area contributed by atoms with Crippen molar-refractivity contribution in [2.24, 2.45) is 5.92 Å². The van der Waals surface area contributed by atoms with Gasteiger partial charge in [-0.15, -0.1) is 0 Å². The molecule has 0 N–H and O–H groups in total. The van der Waals surface area contributed by atoms with E-state index in [-0.39, 0.29) is 12.0 Å². The molecule has 32 heavy (non-hydrogen) atoms. The fourth-order valence-corrected chi connectivity index (χ4v) is 4.67. The highest BCUT2D eigenvalue weighted by Crippen LogP contribution is 2.57. The van der Waals surface area contributed by atoms with Gasteiger partial charge >= 0.3 is 5.97 Å². The Kier molecular flexibility index (Phi) is 6.05. The van der Waals surface area contributed by atoms with E-state index in [2.05, 4.69) is 0 Å². The summed E-state index contributed by atoms with van der Waals surface area (Å²) in [5.41, 5.74) is 1.91. The zero-order valence-electron chi connectivity index (χ0n) is 19.3. The second-order valence-corrected chi connectivity index (χ2v) is 8.47. The molecule has 0 radical (unpaired) electrons. The second-order valence-electron chi connectivity index (χ2n) is 8.47. The number of epoxide rings is 1. The third-order valence-electron chi connectivity index (χ3n) is 6.48. The fourth-order valence-electron chi connectivity index (χ4n) is 4.67. The van der Waals surface area contributed by atoms with Crippen LogP contribution >= 0.6 is 0 Å². The predicted molar refractivity (Wildman–Crippen MR) is 117 cm³/mol. The van der Waals surface area contributed by atoms with Crippen LogP contribution in [0.25, 0.3) is 0 Å². The van der Waals surface area contributed by atoms with E-state index in [1.165, 1.54) is 7.11 Å². The molecular formula is C25H30O7. The third-order valence-corrected chi connectivity index (χ3v) is 6.48. The molecule has 2 aromatic rings. The number of carbonyl (C=O) groups excluding carboxylic acids is 1. The average molecular weight is 443 g/mol. The largest absolute Gasteiger partial charge is 0.496 e. The van der Waals surface area contributed by atoms with E-state index in [1.54, 1.807) is 14.2 Å². The Bertz CT molecular complexity index is 990. The van der Waals surface area contributed by atoms with Gasteiger partial charge in [0.2, 0.25) is 0 Å². The van der Waals surface area contributed by atoms with Crippen molar-refractivity contribution in [1.82, 2.24) is 0 Å². The molecule has 0 saturated carbocycles. The lowest BCUT2D eigenvalue weighted by Gasteiger charge is -2.35. The maximum atomic E-state index is 12.5. The van der Waals surface area contributed by atoms with Crippen LogP contribution in [-0.4, -0.2) is 45.1 Å². The SMILES string of the molecule is COC(=O)C1OC(c2cc(OC)c(C)c(OC)c2OCc2ccccc2)C(C)C2OC12C. The topological polar surface area (TPSA) is 75.8 Å². The van der Waals surface area contributed by atoms with Crippen LogP contribution in [0.15, 0.2) is 36.4 Å². The minimum atomic E-state index is -0.834. The molecule has 7 heteroatoms. The molecule has 0 amide bonds. The molecule has 5 unspecified atom stereocenters. The van der Waals surface area contributed by atoms with Gasteiger partial charge in [-0.1, -0.05) is 37.3 Å². The summed E-state index contributed by atoms with van der Waals surface area (Å²) in [7, 11) is 4.57. The zero-order valence-corrected chi connectivity index (χ0v) is 19.3. The lowest BCUT2D eigenvalue weighted by molar-refractivity contribution is -0.169. The smallest absolute Gasteiger partial charge is 0.338 e. The molecule has 2 aliphatic heterocycles. The quantitative estimate of drug-likeness (QED) is 0.474. The molecule has 7 nitrogen and oxygen atoms in total. The molecule has 4 rings (SSSR count). The molecule has 2 aromatic carbocycles. The summed E-state index contributed by atoms with van der Waals surface area (Å²) in [5, 5.41) is 0. The van der Waals surface area contributed by atoms with Crippen LogP contribution in [0.4, 0.5) is 0 Å². The molecule has 172 valence electrons. The number of ether oxygens (including phenoxy) is 6. The van der Waals surface area contributed by atoms with Gasteiger partial charge in [0.25, 0.3) is 0 Å². The summed E-state index contributed by atoms with van der Waals surface area (Å²) in [6.07, 6.45) is -1.45. The standard InChI is InChI=1S/C25H30O7/c1-14-18(27-4)12-17(21(20(14)28-5)30-13-16-10-8-7-9-11-16)19-15(2)22-25(3,32-22)23(31-19)24(26)29-6/h7-12,15,19,22-23H,13H2,1-6H3. The lowest BCUT2D eigenvalue weighted by atomic mass is 9.82. The van der Waals surface area contributed by atoms with Gasteiger partial charge in [0, 0.05) is 17.0 Å². The normalized spacial score (nSPS) is 28.4. The van der Waals surface area contributed by atoms with E-state index in [0.29, 0.717) is 23.9 Å². The predicted octanol–water partition coefficient (Wildman–Crippen LogP) is 4.00. The Morgan fingerprint density at radius 1 is 1.09 bits per heavy atom. The van der Waals surface area contributed by atoms with Gasteiger partial charge in [-0.3, -0.25) is 0 Å². The van der Waals surface area contributed by atoms with Gasteiger partial charge in [-0.25, -0.2) is 4.79 Å². The summed E-state index contributed by atoms with van der Waals surface area (Å²) in [4.78, 5) is 12.5. The first-order valence-electron chi connectivity index (χ1n) is 10.7. The Morgan fingerprint density at radius 2 is 1.81 bits per heavy atom. The highest BCUT2D eigenvalue weighted by Gasteiger charge is 2.68. The van der Waals surface area contributed by atoms with Crippen LogP contribution in [0, 0.1) is 12.8 Å². The number of esters is 1. The van der Waals surface area contributed by atoms with Crippen LogP contribution in [0.5, 0.6) is 17.2 Å². The Morgan fingerprint density at radius 3 is 2.44 bits per heavy atom. The van der Waals surface area contributed by atoms with E-state index in [0.717, 1.165) is 16.7 Å². The van der Waals surface area contributed by atoms with Gasteiger partial charge in [0.1, 0.15) is 18.0 Å². The second kappa shape index (κ2) is 8.64. The first-order valence-corrected chi connectivity index (χ1v) is 10.7. The molecule has 0 bridgehead atoms. The van der Waals surface area contributed by atoms with Crippen LogP contribution < -0.4 is 14.2 Å². The van der Waals surface area contributed by atoms with Gasteiger partial charge in [-0.05, 0) is 25.5 Å². The van der Waals surface area contributed by atoms with Gasteiger partial charge in [0.15, 0.2) is 17.6 Å². The van der Waals surface area contributed by atoms with Crippen LogP contribution in [-0.2, 0) is 25.6 Å². The van der Waals surface area contributed by atoms with Crippen LogP contribution in [0.1, 0.15) is 36.6 Å². The third kappa shape index (κ3) is 3.69. The van der Waals surface area contributed by atoms with Crippen molar-refractivity contribution in [3.8, 4) is 17.2 Å². The van der Waals surface area contributed by atoms with Crippen molar-refractivity contribution >= 4 is 5.97 Å². The van der Waals surface area contributed by atoms with E-state index in [4.69, 9.17) is 28.4 Å². The highest BCUT2D eigenvalue weighted by atomic mass is 16.7. The zero-order chi connectivity index (χ0) is 23.0. The molecule has 5 atom stereocenters. The first-order chi connectivity index (χ1) is 15.3. The summed E-state index contributed by atoms with van der Waals surface area (Å²) in [6.45, 7) is 6.21. The maximum absolute atomic E-state index is 12.5. The minimum Gasteiger partial charge on any atom is -0.496 e. The monoisotopic (exact) mass is 442 g/mol. The van der Waals surface area contributed by atoms with Crippen molar-refractivity contribution < 1.29 is 33.2 Å². The molecule has 2 fully saturated rings. The molecule has 2 heterocycles. The minimum absolute atomic E-state index is 0.0305. The summed E-state index contributed by atoms with van der Waals surface area (Å²) in [6, 6.07) is 11.8. The summed E-state index contributed by atoms with van der Waals surface area (Å²) < 4.78 is 34.9. The number of rotatable bonds is 7. The van der Waals surface area contributed by atoms with Gasteiger partial charge in [-0.2, -0.15) is 0 Å². The van der Waals surface area contributed by atoms with E-state index < -0.39 is 23.8 Å². The maximum Gasteiger partial charge on any atom is 0.338 e. The van der Waals surface area contributed by atoms with E-state index in [9.17, 15) is 4.79 Å². The van der Waals surface area contributed by atoms with Crippen LogP contribution in [0.2, 0.25) is 0 Å². The first kappa shape index (κ1) is 22.4. The Labute approximate surface area is 188 Å². The summed E-state index contributed by atoms with van der Waals surface area (Å²) >= 11 is 0. The highest BCUT2D eigenvalue weighted by molar-refractivity contribution is 5.77. The average Bonchev–Trinajstić information content (AvgIpc) is 3.51. The lowest BCUT2D eigenvalue weighted by Crippen LogP contribution is -2.47. The van der Waals surface area contributed by atoms with Gasteiger partial charge in [0.05, 0.1) is 33.5 Å². The van der Waals surface area contributed by atoms with Crippen LogP contribution in [0.3, 0.4) is 0 Å². The van der Waals surface area contributed by atoms with Crippen molar-refractivity contribution in [1.29, 1.82) is 0 Å².